The molecule has 0 spiro atoms. The standard InChI is InChI=1S/C13H11FINO2S/c1-9-2-5-11(6-3-9)19(17,18)16-10-4-7-12(14)13(15)8-10/h2-8,16H,1H3. The van der Waals surface area contributed by atoms with Crippen molar-refractivity contribution >= 4 is 38.3 Å². The molecule has 19 heavy (non-hydrogen) atoms. The molecular weight excluding hydrogens is 380 g/mol. The number of nitrogens with one attached hydrogen (secondary N) is 1. The van der Waals surface area contributed by atoms with E-state index in [4.69, 9.17) is 0 Å². The van der Waals surface area contributed by atoms with Crippen LogP contribution in [-0.2, 0) is 10.0 Å². The normalized spacial score (nSPS) is 11.3. The largest absolute Gasteiger partial charge is 0.280 e. The molecule has 0 fully saturated rings. The summed E-state index contributed by atoms with van der Waals surface area (Å²) in [5.74, 6) is -0.376. The van der Waals surface area contributed by atoms with Crippen LogP contribution in [0.25, 0.3) is 0 Å². The van der Waals surface area contributed by atoms with Crippen LogP contribution in [0, 0.1) is 16.3 Å². The predicted molar refractivity (Wildman–Crippen MR) is 81.1 cm³/mol. The van der Waals surface area contributed by atoms with Gasteiger partial charge in [0.25, 0.3) is 10.0 Å². The summed E-state index contributed by atoms with van der Waals surface area (Å²) in [5.41, 5.74) is 1.32. The van der Waals surface area contributed by atoms with Gasteiger partial charge in [-0.15, -0.1) is 0 Å². The quantitative estimate of drug-likeness (QED) is 0.814. The number of hydrogen-bond donors (Lipinski definition) is 1. The maximum Gasteiger partial charge on any atom is 0.261 e. The average Bonchev–Trinajstić information content (AvgIpc) is 2.34. The molecule has 100 valence electrons. The van der Waals surface area contributed by atoms with Crippen LogP contribution < -0.4 is 4.72 Å². The Kier molecular flexibility index (Phi) is 4.10. The van der Waals surface area contributed by atoms with Crippen molar-refractivity contribution in [2.24, 2.45) is 0 Å². The summed E-state index contributed by atoms with van der Waals surface area (Å²) in [7, 11) is -3.64. The van der Waals surface area contributed by atoms with E-state index in [9.17, 15) is 12.8 Å². The third-order valence-electron chi connectivity index (χ3n) is 2.50. The second-order valence-electron chi connectivity index (χ2n) is 4.05. The highest BCUT2D eigenvalue weighted by molar-refractivity contribution is 14.1. The summed E-state index contributed by atoms with van der Waals surface area (Å²) in [4.78, 5) is 0.178. The van der Waals surface area contributed by atoms with Gasteiger partial charge in [-0.1, -0.05) is 17.7 Å². The van der Waals surface area contributed by atoms with Crippen LogP contribution in [0.4, 0.5) is 10.1 Å². The summed E-state index contributed by atoms with van der Waals surface area (Å²) in [6, 6.07) is 10.6. The van der Waals surface area contributed by atoms with Gasteiger partial charge in [0.15, 0.2) is 0 Å². The fourth-order valence-electron chi connectivity index (χ4n) is 1.49. The van der Waals surface area contributed by atoms with Crippen LogP contribution in [0.5, 0.6) is 0 Å². The molecule has 6 heteroatoms. The van der Waals surface area contributed by atoms with E-state index in [2.05, 4.69) is 4.72 Å². The van der Waals surface area contributed by atoms with Crippen LogP contribution >= 0.6 is 22.6 Å². The van der Waals surface area contributed by atoms with E-state index < -0.39 is 10.0 Å². The third-order valence-corrected chi connectivity index (χ3v) is 4.73. The molecule has 2 aromatic carbocycles. The highest BCUT2D eigenvalue weighted by Crippen LogP contribution is 2.20. The van der Waals surface area contributed by atoms with Crippen molar-refractivity contribution in [3.05, 3.63) is 57.4 Å². The molecule has 0 aliphatic carbocycles. The highest BCUT2D eigenvalue weighted by atomic mass is 127. The van der Waals surface area contributed by atoms with E-state index in [1.54, 1.807) is 12.1 Å². The number of aryl methyl sites for hydroxylation is 1. The lowest BCUT2D eigenvalue weighted by atomic mass is 10.2. The Hall–Kier alpha value is -1.15. The Morgan fingerprint density at radius 3 is 2.32 bits per heavy atom. The molecule has 1 N–H and O–H groups in total. The summed E-state index contributed by atoms with van der Waals surface area (Å²) in [6.07, 6.45) is 0. The first-order chi connectivity index (χ1) is 8.88. The summed E-state index contributed by atoms with van der Waals surface area (Å²) in [5, 5.41) is 0. The predicted octanol–water partition coefficient (Wildman–Crippen LogP) is 3.54. The average molecular weight is 391 g/mol. The number of anilines is 1. The van der Waals surface area contributed by atoms with Crippen molar-refractivity contribution in [3.8, 4) is 0 Å². The first-order valence-electron chi connectivity index (χ1n) is 5.43. The SMILES string of the molecule is Cc1ccc(S(=O)(=O)Nc2ccc(F)c(I)c2)cc1. The molecule has 0 unspecified atom stereocenters. The molecule has 0 atom stereocenters. The minimum Gasteiger partial charge on any atom is -0.280 e. The van der Waals surface area contributed by atoms with Gasteiger partial charge in [-0.05, 0) is 59.8 Å². The van der Waals surface area contributed by atoms with Gasteiger partial charge in [0.2, 0.25) is 0 Å². The van der Waals surface area contributed by atoms with E-state index in [0.717, 1.165) is 5.56 Å². The molecule has 0 bridgehead atoms. The van der Waals surface area contributed by atoms with Gasteiger partial charge in [0.1, 0.15) is 5.82 Å². The zero-order valence-electron chi connectivity index (χ0n) is 10.0. The van der Waals surface area contributed by atoms with Crippen molar-refractivity contribution in [2.45, 2.75) is 11.8 Å². The Morgan fingerprint density at radius 2 is 1.74 bits per heavy atom. The van der Waals surface area contributed by atoms with Gasteiger partial charge in [0, 0.05) is 0 Å². The van der Waals surface area contributed by atoms with Crippen LogP contribution in [0.2, 0.25) is 0 Å². The van der Waals surface area contributed by atoms with Gasteiger partial charge in [-0.2, -0.15) is 0 Å². The molecule has 2 rings (SSSR count). The van der Waals surface area contributed by atoms with E-state index in [1.807, 2.05) is 29.5 Å². The molecule has 0 aromatic heterocycles. The minimum absolute atomic E-state index is 0.178. The molecule has 0 aliphatic rings. The van der Waals surface area contributed by atoms with Crippen LogP contribution in [0.3, 0.4) is 0 Å². The molecule has 0 amide bonds. The van der Waals surface area contributed by atoms with Crippen LogP contribution in [0.1, 0.15) is 5.56 Å². The molecule has 0 radical (unpaired) electrons. The molecule has 0 saturated carbocycles. The fraction of sp³-hybridized carbons (Fsp3) is 0.0769. The second kappa shape index (κ2) is 5.46. The second-order valence-corrected chi connectivity index (χ2v) is 6.89. The lowest BCUT2D eigenvalue weighted by molar-refractivity contribution is 0.601. The Bertz CT molecular complexity index is 699. The van der Waals surface area contributed by atoms with Crippen molar-refractivity contribution in [1.82, 2.24) is 0 Å². The summed E-state index contributed by atoms with van der Waals surface area (Å²) < 4.78 is 40.1. The first kappa shape index (κ1) is 14.3. The lowest BCUT2D eigenvalue weighted by Crippen LogP contribution is -2.13. The molecular formula is C13H11FINO2S. The van der Waals surface area contributed by atoms with E-state index >= 15 is 0 Å². The van der Waals surface area contributed by atoms with Gasteiger partial charge in [-0.25, -0.2) is 12.8 Å². The van der Waals surface area contributed by atoms with Gasteiger partial charge < -0.3 is 0 Å². The van der Waals surface area contributed by atoms with Crippen molar-refractivity contribution in [3.63, 3.8) is 0 Å². The van der Waals surface area contributed by atoms with Crippen molar-refractivity contribution in [2.75, 3.05) is 4.72 Å². The van der Waals surface area contributed by atoms with Gasteiger partial charge in [0.05, 0.1) is 14.2 Å². The van der Waals surface area contributed by atoms with E-state index in [0.29, 0.717) is 9.26 Å². The van der Waals surface area contributed by atoms with Gasteiger partial charge in [-0.3, -0.25) is 4.72 Å². The Labute approximate surface area is 125 Å². The third kappa shape index (κ3) is 3.44. The minimum atomic E-state index is -3.64. The Balaban J connectivity index is 2.30. The molecule has 0 heterocycles. The topological polar surface area (TPSA) is 46.2 Å². The number of sulfonamides is 1. The maximum atomic E-state index is 13.1. The Morgan fingerprint density at radius 1 is 1.11 bits per heavy atom. The van der Waals surface area contributed by atoms with Crippen LogP contribution in [-0.4, -0.2) is 8.42 Å². The monoisotopic (exact) mass is 391 g/mol. The number of benzene rings is 2. The molecule has 0 aliphatic heterocycles. The van der Waals surface area contributed by atoms with Crippen molar-refractivity contribution < 1.29 is 12.8 Å². The maximum absolute atomic E-state index is 13.1. The van der Waals surface area contributed by atoms with E-state index in [-0.39, 0.29) is 10.7 Å². The molecule has 2 aromatic rings. The first-order valence-corrected chi connectivity index (χ1v) is 7.99. The number of rotatable bonds is 3. The zero-order chi connectivity index (χ0) is 14.0. The van der Waals surface area contributed by atoms with E-state index in [1.165, 1.54) is 30.3 Å². The molecule has 0 saturated heterocycles. The van der Waals surface area contributed by atoms with Crippen LogP contribution in [0.15, 0.2) is 47.4 Å². The summed E-state index contributed by atoms with van der Waals surface area (Å²) >= 11 is 1.81. The number of hydrogen-bond acceptors (Lipinski definition) is 2. The smallest absolute Gasteiger partial charge is 0.261 e. The van der Waals surface area contributed by atoms with Gasteiger partial charge >= 0.3 is 0 Å². The highest BCUT2D eigenvalue weighted by Gasteiger charge is 2.14. The fourth-order valence-corrected chi connectivity index (χ4v) is 3.06. The van der Waals surface area contributed by atoms with Crippen molar-refractivity contribution in [1.29, 1.82) is 0 Å². The lowest BCUT2D eigenvalue weighted by Gasteiger charge is -2.09. The summed E-state index contributed by atoms with van der Waals surface area (Å²) in [6.45, 7) is 1.88. The molecule has 3 nitrogen and oxygen atoms in total. The number of halogens is 2. The zero-order valence-corrected chi connectivity index (χ0v) is 13.0.